The van der Waals surface area contributed by atoms with Gasteiger partial charge in [-0.3, -0.25) is 0 Å². The molecule has 0 fully saturated rings. The van der Waals surface area contributed by atoms with E-state index in [4.69, 9.17) is 12.6 Å². The van der Waals surface area contributed by atoms with Crippen LogP contribution in [-0.4, -0.2) is 15.0 Å². The number of aromatic nitrogens is 3. The molecule has 0 aromatic carbocycles. The minimum atomic E-state index is 0. The van der Waals surface area contributed by atoms with Crippen molar-refractivity contribution in [3.8, 4) is 0 Å². The summed E-state index contributed by atoms with van der Waals surface area (Å²) < 4.78 is 2.67. The molecule has 0 aliphatic rings. The van der Waals surface area contributed by atoms with Crippen LogP contribution in [0.4, 0.5) is 5.95 Å². The van der Waals surface area contributed by atoms with Crippen molar-refractivity contribution < 1.29 is 29.6 Å². The van der Waals surface area contributed by atoms with Gasteiger partial charge in [0.05, 0.1) is 0 Å². The van der Waals surface area contributed by atoms with E-state index in [-0.39, 0.29) is 34.3 Å². The van der Waals surface area contributed by atoms with Gasteiger partial charge in [-0.15, -0.1) is 0 Å². The molecule has 0 aliphatic heterocycles. The maximum Gasteiger partial charge on any atom is 1.00 e. The van der Waals surface area contributed by atoms with E-state index in [1.807, 2.05) is 0 Å². The summed E-state index contributed by atoms with van der Waals surface area (Å²) in [6.07, 6.45) is 0. The number of thiol groups is 1. The fourth-order valence-corrected chi connectivity index (χ4v) is 0.947. The molecule has 1 aromatic rings. The molecule has 0 atom stereocenters. The Labute approximate surface area is 102 Å². The van der Waals surface area contributed by atoms with Crippen LogP contribution in [0.1, 0.15) is 0 Å². The molecule has 1 rings (SSSR count). The first-order valence-corrected chi connectivity index (χ1v) is 3.54. The van der Waals surface area contributed by atoms with Crippen LogP contribution < -0.4 is 34.3 Å². The van der Waals surface area contributed by atoms with E-state index in [2.05, 4.69) is 44.7 Å². The molecular formula is C3H3N4NaS3. The maximum atomic E-state index is 4.71. The smallest absolute Gasteiger partial charge is 0.742 e. The van der Waals surface area contributed by atoms with Crippen molar-refractivity contribution in [3.63, 3.8) is 0 Å². The largest absolute Gasteiger partial charge is 1.00 e. The van der Waals surface area contributed by atoms with Crippen molar-refractivity contribution in [1.29, 1.82) is 0 Å². The second-order valence-corrected chi connectivity index (χ2v) is 2.37. The summed E-state index contributed by atoms with van der Waals surface area (Å²) in [6, 6.07) is 0. The summed E-state index contributed by atoms with van der Waals surface area (Å²) >= 11 is 13.1. The summed E-state index contributed by atoms with van der Waals surface area (Å²) in [4.78, 5) is 10.1. The molecule has 0 saturated carbocycles. The monoisotopic (exact) mass is 214 g/mol. The van der Waals surface area contributed by atoms with Gasteiger partial charge in [-0.1, -0.05) is 12.8 Å². The predicted octanol–water partition coefficient (Wildman–Crippen LogP) is -2.30. The molecule has 4 nitrogen and oxygen atoms in total. The first-order valence-electron chi connectivity index (χ1n) is 2.28. The Hall–Kier alpha value is 0.600. The van der Waals surface area contributed by atoms with Crippen molar-refractivity contribution in [2.45, 2.75) is 5.16 Å². The summed E-state index contributed by atoms with van der Waals surface area (Å²) in [5.41, 5.74) is 0. The number of nitrogens with one attached hydrogen (secondary N) is 2. The van der Waals surface area contributed by atoms with Crippen LogP contribution in [0, 0.1) is 4.77 Å². The fourth-order valence-electron chi connectivity index (χ4n) is 0.418. The Morgan fingerprint density at radius 2 is 2.18 bits per heavy atom. The molecule has 0 spiro atoms. The number of aromatic amines is 1. The number of hydrogen-bond donors (Lipinski definition) is 3. The topological polar surface area (TPSA) is 53.6 Å². The Balaban J connectivity index is 0.000001000. The van der Waals surface area contributed by atoms with Gasteiger partial charge >= 0.3 is 29.6 Å². The zero-order chi connectivity index (χ0) is 7.56. The Kier molecular flexibility index (Phi) is 5.57. The van der Waals surface area contributed by atoms with Gasteiger partial charge in [0, 0.05) is 0 Å². The minimum Gasteiger partial charge on any atom is -0.742 e. The van der Waals surface area contributed by atoms with Crippen LogP contribution in [0.2, 0.25) is 0 Å². The van der Waals surface area contributed by atoms with Crippen LogP contribution in [0.25, 0.3) is 0 Å². The van der Waals surface area contributed by atoms with Crippen molar-refractivity contribution >= 4 is 43.6 Å². The van der Waals surface area contributed by atoms with Crippen molar-refractivity contribution in [2.24, 2.45) is 0 Å². The fraction of sp³-hybridized carbons (Fsp3) is 0. The molecule has 1 heterocycles. The molecule has 0 aliphatic carbocycles. The third-order valence-corrected chi connectivity index (χ3v) is 1.32. The number of rotatable bonds is 1. The normalized spacial score (nSPS) is 8.45. The van der Waals surface area contributed by atoms with Crippen LogP contribution in [0.3, 0.4) is 0 Å². The zero-order valence-corrected chi connectivity index (χ0v) is 10.2. The molecule has 11 heavy (non-hydrogen) atoms. The van der Waals surface area contributed by atoms with Gasteiger partial charge in [-0.25, -0.2) is 4.98 Å². The first-order chi connectivity index (χ1) is 4.72. The Morgan fingerprint density at radius 1 is 1.55 bits per heavy atom. The minimum absolute atomic E-state index is 0. The van der Waals surface area contributed by atoms with Gasteiger partial charge in [0.1, 0.15) is 0 Å². The molecule has 0 amide bonds. The number of hydrogen-bond acceptors (Lipinski definition) is 6. The number of H-pyrrole nitrogens is 1. The molecule has 0 bridgehead atoms. The second-order valence-electron chi connectivity index (χ2n) is 1.40. The standard InChI is InChI=1S/C3H4N4S3.Na/c8-2-4-1(7-10)5-3(9)6-2;/h10H,(H3,4,5,6,7,8,9);/q;+1/p-1. The summed E-state index contributed by atoms with van der Waals surface area (Å²) in [5, 5.41) is 0.302. The van der Waals surface area contributed by atoms with Gasteiger partial charge in [0.25, 0.3) is 0 Å². The van der Waals surface area contributed by atoms with Crippen LogP contribution >= 0.6 is 25.0 Å². The molecule has 2 N–H and O–H groups in total. The number of nitrogens with zero attached hydrogens (tertiary/aromatic N) is 2. The SMILES string of the molecule is S=c1nc([S-])[nH]c(NS)n1.[Na+]. The summed E-state index contributed by atoms with van der Waals surface area (Å²) in [7, 11) is 0. The maximum absolute atomic E-state index is 4.71. The van der Waals surface area contributed by atoms with Crippen molar-refractivity contribution in [2.75, 3.05) is 4.72 Å². The molecule has 8 heteroatoms. The Bertz CT molecular complexity index is 286. The van der Waals surface area contributed by atoms with Crippen LogP contribution in [0.15, 0.2) is 5.16 Å². The van der Waals surface area contributed by atoms with Crippen LogP contribution in [-0.2, 0) is 12.6 Å². The van der Waals surface area contributed by atoms with E-state index in [1.165, 1.54) is 0 Å². The second kappa shape index (κ2) is 5.28. The van der Waals surface area contributed by atoms with E-state index in [1.54, 1.807) is 0 Å². The predicted molar refractivity (Wildman–Crippen MR) is 45.5 cm³/mol. The van der Waals surface area contributed by atoms with Crippen LogP contribution in [0.5, 0.6) is 0 Å². The number of anilines is 1. The molecular weight excluding hydrogens is 211 g/mol. The quantitative estimate of drug-likeness (QED) is 0.212. The molecule has 54 valence electrons. The average Bonchev–Trinajstić information content (AvgIpc) is 1.85. The van der Waals surface area contributed by atoms with E-state index in [0.29, 0.717) is 11.1 Å². The van der Waals surface area contributed by atoms with Gasteiger partial charge in [0.2, 0.25) is 10.7 Å². The summed E-state index contributed by atoms with van der Waals surface area (Å²) in [6.45, 7) is 0. The molecule has 0 saturated heterocycles. The zero-order valence-electron chi connectivity index (χ0n) is 5.66. The van der Waals surface area contributed by atoms with Gasteiger partial charge < -0.3 is 22.3 Å². The average molecular weight is 214 g/mol. The Morgan fingerprint density at radius 3 is 2.64 bits per heavy atom. The van der Waals surface area contributed by atoms with Crippen molar-refractivity contribution in [1.82, 2.24) is 15.0 Å². The van der Waals surface area contributed by atoms with Gasteiger partial charge in [-0.2, -0.15) is 4.98 Å². The molecule has 1 aromatic heterocycles. The summed E-state index contributed by atoms with van der Waals surface area (Å²) in [5.74, 6) is 0.410. The van der Waals surface area contributed by atoms with E-state index in [9.17, 15) is 0 Å². The van der Waals surface area contributed by atoms with E-state index in [0.717, 1.165) is 0 Å². The van der Waals surface area contributed by atoms with Gasteiger partial charge in [-0.05, 0) is 17.4 Å². The van der Waals surface area contributed by atoms with Crippen molar-refractivity contribution in [3.05, 3.63) is 4.77 Å². The third-order valence-electron chi connectivity index (χ3n) is 0.736. The molecule has 0 unspecified atom stereocenters. The van der Waals surface area contributed by atoms with Gasteiger partial charge in [0.15, 0.2) is 0 Å². The third kappa shape index (κ3) is 3.68. The first kappa shape index (κ1) is 11.6. The molecule has 0 radical (unpaired) electrons. The van der Waals surface area contributed by atoms with E-state index >= 15 is 0 Å². The van der Waals surface area contributed by atoms with E-state index < -0.39 is 0 Å².